The number of H-pyrrole nitrogens is 1. The number of benzene rings is 2. The molecule has 3 N–H and O–H groups in total. The number of phenolic OH excluding ortho intramolecular Hbond substituents is 1. The molecule has 1 unspecified atom stereocenters. The average molecular weight is 421 g/mol. The van der Waals surface area contributed by atoms with Gasteiger partial charge in [-0.1, -0.05) is 26.0 Å². The van der Waals surface area contributed by atoms with Gasteiger partial charge in [-0.3, -0.25) is 4.79 Å². The Bertz CT molecular complexity index is 1140. The maximum Gasteiger partial charge on any atom is 0.345 e. The number of aryl methyl sites for hydroxylation is 1. The van der Waals surface area contributed by atoms with E-state index in [-0.39, 0.29) is 11.7 Å². The van der Waals surface area contributed by atoms with Gasteiger partial charge in [0.05, 0.1) is 11.4 Å². The van der Waals surface area contributed by atoms with Gasteiger partial charge in [0.25, 0.3) is 5.91 Å². The highest BCUT2D eigenvalue weighted by Crippen LogP contribution is 2.27. The van der Waals surface area contributed by atoms with Crippen LogP contribution in [0, 0.1) is 12.8 Å². The second-order valence-electron chi connectivity index (χ2n) is 7.91. The maximum absolute atomic E-state index is 12.2. The van der Waals surface area contributed by atoms with Gasteiger partial charge in [0.2, 0.25) is 0 Å². The van der Waals surface area contributed by atoms with Crippen molar-refractivity contribution in [3.05, 3.63) is 64.6 Å². The summed E-state index contributed by atoms with van der Waals surface area (Å²) in [6, 6.07) is 14.0. The molecule has 2 aromatic carbocycles. The molecule has 0 aliphatic heterocycles. The number of carbonyl (C=O) groups excluding carboxylic acids is 1. The van der Waals surface area contributed by atoms with Gasteiger partial charge in [-0.05, 0) is 67.3 Å². The van der Waals surface area contributed by atoms with Gasteiger partial charge >= 0.3 is 5.69 Å². The molecule has 1 aromatic heterocycles. The van der Waals surface area contributed by atoms with Gasteiger partial charge in [-0.2, -0.15) is 4.98 Å². The fourth-order valence-corrected chi connectivity index (χ4v) is 3.02. The standard InChI is InChI=1S/C24H27N3O4/c1-14(2)13-25-23(29)16(4)31-19-7-5-6-17(11-19)20-12-21(27-24(30)26-20)18-8-9-22(28)15(3)10-18/h5-12,14,16,28H,13H2,1-4H3,(H,25,29)(H,26,27,30). The number of amides is 1. The Hall–Kier alpha value is -3.61. The summed E-state index contributed by atoms with van der Waals surface area (Å²) in [6.45, 7) is 8.12. The number of ether oxygens (including phenoxy) is 1. The van der Waals surface area contributed by atoms with E-state index in [4.69, 9.17) is 4.74 Å². The maximum atomic E-state index is 12.2. The molecule has 0 radical (unpaired) electrons. The van der Waals surface area contributed by atoms with Crippen LogP contribution in [0.2, 0.25) is 0 Å². The third-order valence-electron chi connectivity index (χ3n) is 4.75. The van der Waals surface area contributed by atoms with E-state index in [1.54, 1.807) is 56.3 Å². The van der Waals surface area contributed by atoms with E-state index in [2.05, 4.69) is 15.3 Å². The lowest BCUT2D eigenvalue weighted by Crippen LogP contribution is -2.38. The Kier molecular flexibility index (Phi) is 6.74. The third-order valence-corrected chi connectivity index (χ3v) is 4.75. The molecule has 1 amide bonds. The molecule has 0 aliphatic rings. The first kappa shape index (κ1) is 22.1. The Morgan fingerprint density at radius 2 is 1.90 bits per heavy atom. The van der Waals surface area contributed by atoms with E-state index in [1.807, 2.05) is 19.9 Å². The van der Waals surface area contributed by atoms with E-state index in [9.17, 15) is 14.7 Å². The summed E-state index contributed by atoms with van der Waals surface area (Å²) in [5.41, 5.74) is 2.74. The predicted molar refractivity (Wildman–Crippen MR) is 120 cm³/mol. The molecule has 0 aliphatic carbocycles. The Labute approximate surface area is 181 Å². The lowest BCUT2D eigenvalue weighted by molar-refractivity contribution is -0.127. The molecular weight excluding hydrogens is 394 g/mol. The second-order valence-corrected chi connectivity index (χ2v) is 7.91. The molecule has 3 aromatic rings. The van der Waals surface area contributed by atoms with Crippen LogP contribution < -0.4 is 15.7 Å². The molecule has 7 nitrogen and oxygen atoms in total. The zero-order valence-corrected chi connectivity index (χ0v) is 18.1. The summed E-state index contributed by atoms with van der Waals surface area (Å²) in [5, 5.41) is 12.6. The van der Waals surface area contributed by atoms with Crippen LogP contribution in [-0.2, 0) is 4.79 Å². The monoisotopic (exact) mass is 421 g/mol. The molecule has 1 heterocycles. The average Bonchev–Trinajstić information content (AvgIpc) is 2.73. The highest BCUT2D eigenvalue weighted by molar-refractivity contribution is 5.80. The van der Waals surface area contributed by atoms with Gasteiger partial charge in [0.15, 0.2) is 6.10 Å². The lowest BCUT2D eigenvalue weighted by Gasteiger charge is -2.16. The van der Waals surface area contributed by atoms with Crippen LogP contribution in [0.15, 0.2) is 53.3 Å². The number of rotatable bonds is 7. The zero-order chi connectivity index (χ0) is 22.5. The molecule has 7 heteroatoms. The fraction of sp³-hybridized carbons (Fsp3) is 0.292. The van der Waals surface area contributed by atoms with Gasteiger partial charge in [0, 0.05) is 12.1 Å². The van der Waals surface area contributed by atoms with Gasteiger partial charge in [-0.15, -0.1) is 0 Å². The molecule has 1 atom stereocenters. The first-order chi connectivity index (χ1) is 14.7. The van der Waals surface area contributed by atoms with Gasteiger partial charge < -0.3 is 20.1 Å². The van der Waals surface area contributed by atoms with Crippen LogP contribution >= 0.6 is 0 Å². The molecule has 0 bridgehead atoms. The third kappa shape index (κ3) is 5.72. The Balaban J connectivity index is 1.85. The minimum absolute atomic E-state index is 0.182. The number of hydrogen-bond acceptors (Lipinski definition) is 5. The second kappa shape index (κ2) is 9.47. The van der Waals surface area contributed by atoms with Gasteiger partial charge in [-0.25, -0.2) is 4.79 Å². The van der Waals surface area contributed by atoms with Crippen LogP contribution in [0.4, 0.5) is 0 Å². The Morgan fingerprint density at radius 1 is 1.13 bits per heavy atom. The van der Waals surface area contributed by atoms with Gasteiger partial charge in [0.1, 0.15) is 11.5 Å². The number of nitrogens with one attached hydrogen (secondary N) is 2. The normalized spacial score (nSPS) is 11.9. The molecule has 162 valence electrons. The van der Waals surface area contributed by atoms with Crippen LogP contribution in [-0.4, -0.2) is 33.6 Å². The predicted octanol–water partition coefficient (Wildman–Crippen LogP) is 3.66. The molecule has 0 fully saturated rings. The summed E-state index contributed by atoms with van der Waals surface area (Å²) in [4.78, 5) is 31.2. The molecule has 0 saturated carbocycles. The van der Waals surface area contributed by atoms with E-state index < -0.39 is 11.8 Å². The summed E-state index contributed by atoms with van der Waals surface area (Å²) < 4.78 is 5.79. The molecule has 3 rings (SSSR count). The minimum atomic E-state index is -0.656. The molecule has 0 saturated heterocycles. The highest BCUT2D eigenvalue weighted by atomic mass is 16.5. The highest BCUT2D eigenvalue weighted by Gasteiger charge is 2.15. The first-order valence-electron chi connectivity index (χ1n) is 10.2. The number of aromatic amines is 1. The SMILES string of the molecule is Cc1cc(-c2cc(-c3cccc(OC(C)C(=O)NCC(C)C)c3)nc(=O)[nH]2)ccc1O. The summed E-state index contributed by atoms with van der Waals surface area (Å²) >= 11 is 0. The number of aromatic hydroxyl groups is 1. The quantitative estimate of drug-likeness (QED) is 0.540. The van der Waals surface area contributed by atoms with E-state index >= 15 is 0 Å². The van der Waals surface area contributed by atoms with Crippen LogP contribution in [0.5, 0.6) is 11.5 Å². The number of hydrogen-bond donors (Lipinski definition) is 3. The Morgan fingerprint density at radius 3 is 2.61 bits per heavy atom. The number of phenols is 1. The van der Waals surface area contributed by atoms with Crippen molar-refractivity contribution in [1.82, 2.24) is 15.3 Å². The molecule has 31 heavy (non-hydrogen) atoms. The number of nitrogens with zero attached hydrogens (tertiary/aromatic N) is 1. The van der Waals surface area contributed by atoms with Crippen molar-refractivity contribution in [3.8, 4) is 34.0 Å². The fourth-order valence-electron chi connectivity index (χ4n) is 3.02. The smallest absolute Gasteiger partial charge is 0.345 e. The number of aromatic nitrogens is 2. The van der Waals surface area contributed by atoms with Crippen molar-refractivity contribution in [2.45, 2.75) is 33.8 Å². The van der Waals surface area contributed by atoms with E-state index in [1.165, 1.54) is 0 Å². The van der Waals surface area contributed by atoms with E-state index in [0.717, 1.165) is 5.56 Å². The van der Waals surface area contributed by atoms with Crippen molar-refractivity contribution < 1.29 is 14.6 Å². The number of carbonyl (C=O) groups is 1. The van der Waals surface area contributed by atoms with Crippen molar-refractivity contribution in [2.24, 2.45) is 5.92 Å². The zero-order valence-electron chi connectivity index (χ0n) is 18.1. The first-order valence-corrected chi connectivity index (χ1v) is 10.2. The summed E-state index contributed by atoms with van der Waals surface area (Å²) in [6.07, 6.45) is -0.656. The largest absolute Gasteiger partial charge is 0.508 e. The molecular formula is C24H27N3O4. The van der Waals surface area contributed by atoms with Crippen LogP contribution in [0.25, 0.3) is 22.5 Å². The van der Waals surface area contributed by atoms with Crippen molar-refractivity contribution in [1.29, 1.82) is 0 Å². The van der Waals surface area contributed by atoms with Crippen LogP contribution in [0.3, 0.4) is 0 Å². The topological polar surface area (TPSA) is 104 Å². The summed E-state index contributed by atoms with van der Waals surface area (Å²) in [5.74, 6) is 0.872. The molecule has 0 spiro atoms. The lowest BCUT2D eigenvalue weighted by atomic mass is 10.1. The summed E-state index contributed by atoms with van der Waals surface area (Å²) in [7, 11) is 0. The van der Waals surface area contributed by atoms with Crippen molar-refractivity contribution in [2.75, 3.05) is 6.54 Å². The van der Waals surface area contributed by atoms with E-state index in [0.29, 0.717) is 40.7 Å². The van der Waals surface area contributed by atoms with Crippen molar-refractivity contribution in [3.63, 3.8) is 0 Å². The minimum Gasteiger partial charge on any atom is -0.508 e. The van der Waals surface area contributed by atoms with Crippen molar-refractivity contribution >= 4 is 5.91 Å². The van der Waals surface area contributed by atoms with Crippen LogP contribution in [0.1, 0.15) is 26.3 Å².